The summed E-state index contributed by atoms with van der Waals surface area (Å²) < 4.78 is 7.26. The maximum Gasteiger partial charge on any atom is 0.410 e. The molecule has 0 atom stereocenters. The number of hydrogen-bond acceptors (Lipinski definition) is 5. The van der Waals surface area contributed by atoms with Crippen LogP contribution in [-0.4, -0.2) is 58.0 Å². The van der Waals surface area contributed by atoms with Crippen LogP contribution >= 0.6 is 0 Å². The lowest BCUT2D eigenvalue weighted by Gasteiger charge is -2.26. The minimum absolute atomic E-state index is 0.306. The summed E-state index contributed by atoms with van der Waals surface area (Å²) in [6, 6.07) is 0. The van der Waals surface area contributed by atoms with E-state index in [0.29, 0.717) is 25.3 Å². The number of rotatable bonds is 2. The van der Waals surface area contributed by atoms with Gasteiger partial charge in [0.05, 0.1) is 19.3 Å². The van der Waals surface area contributed by atoms with E-state index >= 15 is 0 Å². The maximum atomic E-state index is 12.4. The van der Waals surface area contributed by atoms with Crippen LogP contribution < -0.4 is 0 Å². The second kappa shape index (κ2) is 6.80. The maximum absolute atomic E-state index is 12.4. The number of ether oxygens (including phenoxy) is 1. The molecule has 0 saturated heterocycles. The summed E-state index contributed by atoms with van der Waals surface area (Å²) in [6.45, 7) is 8.99. The molecule has 8 nitrogen and oxygen atoms in total. The monoisotopic (exact) mass is 338 g/mol. The van der Waals surface area contributed by atoms with Gasteiger partial charge in [0.15, 0.2) is 5.69 Å². The van der Waals surface area contributed by atoms with Gasteiger partial charge in [-0.25, -0.2) is 9.86 Å². The first kappa shape index (κ1) is 18.3. The molecular formula is C16H26N4O4. The zero-order valence-electron chi connectivity index (χ0n) is 15.3. The van der Waals surface area contributed by atoms with Gasteiger partial charge in [-0.15, -0.1) is 0 Å². The van der Waals surface area contributed by atoms with Gasteiger partial charge in [-0.3, -0.25) is 14.3 Å². The molecule has 0 bridgehead atoms. The van der Waals surface area contributed by atoms with Gasteiger partial charge < -0.3 is 9.64 Å². The molecule has 24 heavy (non-hydrogen) atoms. The molecular weight excluding hydrogens is 312 g/mol. The van der Waals surface area contributed by atoms with E-state index in [9.17, 15) is 9.59 Å². The largest absolute Gasteiger partial charge is 0.444 e. The zero-order chi connectivity index (χ0) is 18.1. The summed E-state index contributed by atoms with van der Waals surface area (Å²) in [7, 11) is 2.97. The van der Waals surface area contributed by atoms with Crippen LogP contribution in [0.1, 0.15) is 48.9 Å². The summed E-state index contributed by atoms with van der Waals surface area (Å²) in [5.41, 5.74) is 1.42. The van der Waals surface area contributed by atoms with E-state index < -0.39 is 5.60 Å². The highest BCUT2D eigenvalue weighted by Gasteiger charge is 2.29. The Hall–Kier alpha value is -2.09. The van der Waals surface area contributed by atoms with Crippen molar-refractivity contribution in [3.63, 3.8) is 0 Å². The third-order valence-electron chi connectivity index (χ3n) is 3.87. The fourth-order valence-electron chi connectivity index (χ4n) is 2.56. The SMILES string of the molecule is CON(C)C(=O)c1nn2c(c1C)CN(C(=O)OC(C)(C)C)CCC2. The van der Waals surface area contributed by atoms with Crippen LogP contribution in [0.2, 0.25) is 0 Å². The number of nitrogens with zero attached hydrogens (tertiary/aromatic N) is 4. The molecule has 1 aromatic heterocycles. The fourth-order valence-corrected chi connectivity index (χ4v) is 2.56. The highest BCUT2D eigenvalue weighted by Crippen LogP contribution is 2.22. The van der Waals surface area contributed by atoms with Crippen LogP contribution in [0.15, 0.2) is 0 Å². The van der Waals surface area contributed by atoms with Crippen molar-refractivity contribution in [1.29, 1.82) is 0 Å². The van der Waals surface area contributed by atoms with Crippen molar-refractivity contribution >= 4 is 12.0 Å². The molecule has 1 aliphatic rings. The predicted octanol–water partition coefficient (Wildman–Crippen LogP) is 1.97. The highest BCUT2D eigenvalue weighted by atomic mass is 16.7. The molecule has 0 unspecified atom stereocenters. The van der Waals surface area contributed by atoms with Crippen molar-refractivity contribution in [1.82, 2.24) is 19.7 Å². The van der Waals surface area contributed by atoms with Crippen LogP contribution in [-0.2, 0) is 22.7 Å². The van der Waals surface area contributed by atoms with Crippen LogP contribution in [0.5, 0.6) is 0 Å². The summed E-state index contributed by atoms with van der Waals surface area (Å²) in [5.74, 6) is -0.306. The van der Waals surface area contributed by atoms with E-state index in [4.69, 9.17) is 9.57 Å². The molecule has 2 rings (SSSR count). The predicted molar refractivity (Wildman–Crippen MR) is 87.3 cm³/mol. The van der Waals surface area contributed by atoms with E-state index in [1.165, 1.54) is 7.11 Å². The highest BCUT2D eigenvalue weighted by molar-refractivity contribution is 5.93. The Bertz CT molecular complexity index is 633. The standard InChI is InChI=1S/C16H26N4O4/c1-11-12-10-19(15(22)24-16(2,3)4)8-7-9-20(12)17-13(11)14(21)18(5)23-6/h7-10H2,1-6H3. The van der Waals surface area contributed by atoms with Crippen molar-refractivity contribution in [3.8, 4) is 0 Å². The average Bonchev–Trinajstić information content (AvgIpc) is 2.68. The lowest BCUT2D eigenvalue weighted by molar-refractivity contribution is -0.0761. The zero-order valence-corrected chi connectivity index (χ0v) is 15.3. The number of aromatic nitrogens is 2. The van der Waals surface area contributed by atoms with Gasteiger partial charge in [-0.05, 0) is 34.1 Å². The topological polar surface area (TPSA) is 76.9 Å². The van der Waals surface area contributed by atoms with Gasteiger partial charge in [-0.1, -0.05) is 0 Å². The number of hydroxylamine groups is 2. The summed E-state index contributed by atoms with van der Waals surface area (Å²) >= 11 is 0. The second-order valence-corrected chi connectivity index (χ2v) is 6.88. The quantitative estimate of drug-likeness (QED) is 0.771. The Kier molecular flexibility index (Phi) is 5.17. The second-order valence-electron chi connectivity index (χ2n) is 6.88. The number of carbonyl (C=O) groups excluding carboxylic acids is 2. The Morgan fingerprint density at radius 1 is 1.25 bits per heavy atom. The molecule has 8 heteroatoms. The van der Waals surface area contributed by atoms with E-state index in [2.05, 4.69) is 5.10 Å². The van der Waals surface area contributed by atoms with Gasteiger partial charge in [0.1, 0.15) is 5.60 Å². The van der Waals surface area contributed by atoms with Crippen molar-refractivity contribution in [2.45, 2.75) is 52.8 Å². The van der Waals surface area contributed by atoms with Gasteiger partial charge in [0, 0.05) is 25.7 Å². The van der Waals surface area contributed by atoms with E-state index in [0.717, 1.165) is 22.7 Å². The molecule has 0 aliphatic carbocycles. The third-order valence-corrected chi connectivity index (χ3v) is 3.87. The number of fused-ring (bicyclic) bond motifs is 1. The van der Waals surface area contributed by atoms with Crippen molar-refractivity contribution in [3.05, 3.63) is 17.0 Å². The number of amides is 2. The summed E-state index contributed by atoms with van der Waals surface area (Å²) in [5, 5.41) is 5.55. The molecule has 134 valence electrons. The van der Waals surface area contributed by atoms with Gasteiger partial charge in [-0.2, -0.15) is 5.10 Å². The average molecular weight is 338 g/mol. The molecule has 0 radical (unpaired) electrons. The smallest absolute Gasteiger partial charge is 0.410 e. The molecule has 0 aromatic carbocycles. The number of hydrogen-bond donors (Lipinski definition) is 0. The van der Waals surface area contributed by atoms with Gasteiger partial charge in [0.2, 0.25) is 0 Å². The van der Waals surface area contributed by atoms with Gasteiger partial charge in [0.25, 0.3) is 5.91 Å². The molecule has 0 spiro atoms. The van der Waals surface area contributed by atoms with E-state index in [1.807, 2.05) is 27.7 Å². The Balaban J connectivity index is 2.25. The Morgan fingerprint density at radius 3 is 2.50 bits per heavy atom. The molecule has 1 aliphatic heterocycles. The first-order chi connectivity index (χ1) is 11.1. The van der Waals surface area contributed by atoms with Crippen LogP contribution in [0.25, 0.3) is 0 Å². The summed E-state index contributed by atoms with van der Waals surface area (Å²) in [6.07, 6.45) is 0.402. The molecule has 2 heterocycles. The van der Waals surface area contributed by atoms with Crippen molar-refractivity contribution in [2.24, 2.45) is 0 Å². The van der Waals surface area contributed by atoms with Gasteiger partial charge >= 0.3 is 6.09 Å². The fraction of sp³-hybridized carbons (Fsp3) is 0.688. The number of aryl methyl sites for hydroxylation is 1. The minimum atomic E-state index is -0.541. The molecule has 0 fully saturated rings. The third kappa shape index (κ3) is 3.87. The lowest BCUT2D eigenvalue weighted by Crippen LogP contribution is -2.36. The van der Waals surface area contributed by atoms with Crippen LogP contribution in [0, 0.1) is 6.92 Å². The minimum Gasteiger partial charge on any atom is -0.444 e. The van der Waals surface area contributed by atoms with Crippen LogP contribution in [0.3, 0.4) is 0 Å². The Labute approximate surface area is 142 Å². The molecule has 0 N–H and O–H groups in total. The van der Waals surface area contributed by atoms with Crippen LogP contribution in [0.4, 0.5) is 4.79 Å². The first-order valence-electron chi connectivity index (χ1n) is 8.00. The number of carbonyl (C=O) groups is 2. The molecule has 2 amide bonds. The Morgan fingerprint density at radius 2 is 1.92 bits per heavy atom. The van der Waals surface area contributed by atoms with Crippen molar-refractivity contribution < 1.29 is 19.2 Å². The lowest BCUT2D eigenvalue weighted by atomic mass is 10.2. The normalized spacial score (nSPS) is 14.8. The summed E-state index contributed by atoms with van der Waals surface area (Å²) in [4.78, 5) is 31.3. The molecule has 1 aromatic rings. The van der Waals surface area contributed by atoms with Crippen molar-refractivity contribution in [2.75, 3.05) is 20.7 Å². The first-order valence-corrected chi connectivity index (χ1v) is 8.00. The van der Waals surface area contributed by atoms with E-state index in [1.54, 1.807) is 16.6 Å². The molecule has 0 saturated carbocycles. The van der Waals surface area contributed by atoms with E-state index in [-0.39, 0.29) is 12.0 Å².